The molecule has 0 radical (unpaired) electrons. The van der Waals surface area contributed by atoms with E-state index in [1.165, 1.54) is 21.9 Å². The lowest BCUT2D eigenvalue weighted by Gasteiger charge is -2.35. The molecule has 1 unspecified atom stereocenters. The van der Waals surface area contributed by atoms with Crippen LogP contribution in [-0.4, -0.2) is 45.4 Å². The van der Waals surface area contributed by atoms with Crippen molar-refractivity contribution in [2.45, 2.75) is 65.0 Å². The van der Waals surface area contributed by atoms with Gasteiger partial charge in [0.15, 0.2) is 0 Å². The number of hydrogen-bond acceptors (Lipinski definition) is 7. The van der Waals surface area contributed by atoms with Crippen molar-refractivity contribution in [3.8, 4) is 0 Å². The highest BCUT2D eigenvalue weighted by atomic mass is 32.1. The maximum atomic E-state index is 12.3. The monoisotopic (exact) mass is 393 g/mol. The minimum atomic E-state index is -0.521. The Labute approximate surface area is 162 Å². The van der Waals surface area contributed by atoms with Crippen LogP contribution in [0, 0.1) is 0 Å². The molecule has 1 atom stereocenters. The summed E-state index contributed by atoms with van der Waals surface area (Å²) >= 11 is 1.42. The second-order valence-corrected chi connectivity index (χ2v) is 8.68. The van der Waals surface area contributed by atoms with Crippen LogP contribution in [0.15, 0.2) is 10.9 Å². The summed E-state index contributed by atoms with van der Waals surface area (Å²) in [6.45, 7) is 8.83. The van der Waals surface area contributed by atoms with Gasteiger partial charge in [0, 0.05) is 30.9 Å². The lowest BCUT2D eigenvalue weighted by atomic mass is 10.0. The number of fused-ring (bicyclic) bond motifs is 1. The molecule has 0 bridgehead atoms. The highest BCUT2D eigenvalue weighted by molar-refractivity contribution is 7.20. The van der Waals surface area contributed by atoms with Crippen LogP contribution in [0.1, 0.15) is 52.7 Å². The molecular formula is C18H27N5O3S. The minimum Gasteiger partial charge on any atom is -0.444 e. The summed E-state index contributed by atoms with van der Waals surface area (Å²) in [5, 5.41) is 8.12. The second-order valence-electron chi connectivity index (χ2n) is 7.74. The van der Waals surface area contributed by atoms with Crippen molar-refractivity contribution < 1.29 is 9.53 Å². The van der Waals surface area contributed by atoms with Gasteiger partial charge in [0.25, 0.3) is 5.56 Å². The Morgan fingerprint density at radius 3 is 2.89 bits per heavy atom. The molecule has 2 aromatic heterocycles. The van der Waals surface area contributed by atoms with Crippen molar-refractivity contribution in [1.29, 1.82) is 0 Å². The van der Waals surface area contributed by atoms with Crippen LogP contribution in [0.3, 0.4) is 0 Å². The fraction of sp³-hybridized carbons (Fsp3) is 0.667. The van der Waals surface area contributed by atoms with Crippen LogP contribution in [0.4, 0.5) is 9.93 Å². The number of carbonyl (C=O) groups is 1. The highest BCUT2D eigenvalue weighted by Crippen LogP contribution is 2.28. The van der Waals surface area contributed by atoms with Gasteiger partial charge in [-0.25, -0.2) is 9.78 Å². The van der Waals surface area contributed by atoms with Crippen molar-refractivity contribution in [2.75, 3.05) is 18.0 Å². The van der Waals surface area contributed by atoms with Crippen molar-refractivity contribution in [1.82, 2.24) is 19.9 Å². The molecule has 1 amide bonds. The number of aryl methyl sites for hydroxylation is 1. The van der Waals surface area contributed by atoms with Crippen LogP contribution < -0.4 is 15.8 Å². The summed E-state index contributed by atoms with van der Waals surface area (Å²) < 4.78 is 6.69. The van der Waals surface area contributed by atoms with Crippen molar-refractivity contribution in [3.63, 3.8) is 0 Å². The molecule has 3 rings (SSSR count). The molecule has 9 heteroatoms. The maximum Gasteiger partial charge on any atom is 0.407 e. The molecule has 1 saturated heterocycles. The highest BCUT2D eigenvalue weighted by Gasteiger charge is 2.27. The van der Waals surface area contributed by atoms with E-state index in [1.807, 2.05) is 27.7 Å². The number of ether oxygens (including phenoxy) is 1. The van der Waals surface area contributed by atoms with Gasteiger partial charge in [0.1, 0.15) is 5.60 Å². The van der Waals surface area contributed by atoms with Crippen LogP contribution in [0.25, 0.3) is 4.96 Å². The molecule has 1 aliphatic rings. The zero-order valence-corrected chi connectivity index (χ0v) is 17.1. The summed E-state index contributed by atoms with van der Waals surface area (Å²) in [6.07, 6.45) is 3.41. The summed E-state index contributed by atoms with van der Waals surface area (Å²) in [5.74, 6) is 0. The average molecular weight is 394 g/mol. The van der Waals surface area contributed by atoms with E-state index >= 15 is 0 Å². The van der Waals surface area contributed by atoms with E-state index in [9.17, 15) is 9.59 Å². The van der Waals surface area contributed by atoms with E-state index in [-0.39, 0.29) is 11.6 Å². The number of nitrogens with one attached hydrogen (secondary N) is 1. The first-order chi connectivity index (χ1) is 12.8. The minimum absolute atomic E-state index is 0.119. The van der Waals surface area contributed by atoms with Crippen LogP contribution in [0.2, 0.25) is 0 Å². The number of carbonyl (C=O) groups excluding carboxylic acids is 1. The average Bonchev–Trinajstić information content (AvgIpc) is 3.03. The first-order valence-electron chi connectivity index (χ1n) is 9.40. The smallest absolute Gasteiger partial charge is 0.407 e. The van der Waals surface area contributed by atoms with Gasteiger partial charge >= 0.3 is 6.09 Å². The van der Waals surface area contributed by atoms with E-state index in [2.05, 4.69) is 20.3 Å². The number of piperidine rings is 1. The lowest BCUT2D eigenvalue weighted by molar-refractivity contribution is 0.0523. The molecule has 0 spiro atoms. The first-order valence-corrected chi connectivity index (χ1v) is 10.2. The van der Waals surface area contributed by atoms with Crippen molar-refractivity contribution >= 4 is 27.5 Å². The molecule has 148 valence electrons. The number of rotatable bonds is 4. The summed E-state index contributed by atoms with van der Waals surface area (Å²) in [7, 11) is 0. The quantitative estimate of drug-likeness (QED) is 0.859. The predicted molar refractivity (Wildman–Crippen MR) is 106 cm³/mol. The summed E-state index contributed by atoms with van der Waals surface area (Å²) in [4.78, 5) is 31.5. The van der Waals surface area contributed by atoms with Gasteiger partial charge in [-0.1, -0.05) is 18.3 Å². The van der Waals surface area contributed by atoms with E-state index < -0.39 is 11.7 Å². The third-order valence-corrected chi connectivity index (χ3v) is 5.35. The van der Waals surface area contributed by atoms with Gasteiger partial charge in [-0.2, -0.15) is 4.52 Å². The molecule has 0 saturated carbocycles. The van der Waals surface area contributed by atoms with Gasteiger partial charge in [0.2, 0.25) is 10.1 Å². The molecule has 1 aliphatic heterocycles. The van der Waals surface area contributed by atoms with E-state index in [0.29, 0.717) is 17.9 Å². The molecular weight excluding hydrogens is 366 g/mol. The number of amides is 1. The lowest BCUT2D eigenvalue weighted by Crippen LogP contribution is -2.47. The molecule has 0 aliphatic carbocycles. The number of nitrogens with zero attached hydrogens (tertiary/aromatic N) is 4. The Morgan fingerprint density at radius 1 is 1.41 bits per heavy atom. The van der Waals surface area contributed by atoms with Gasteiger partial charge in [-0.15, -0.1) is 5.10 Å². The Hall–Kier alpha value is -2.16. The Balaban J connectivity index is 1.77. The summed E-state index contributed by atoms with van der Waals surface area (Å²) in [5.41, 5.74) is 0.101. The normalized spacial score (nSPS) is 17.9. The zero-order valence-electron chi connectivity index (χ0n) is 16.3. The molecule has 3 heterocycles. The number of hydrogen-bond donors (Lipinski definition) is 1. The van der Waals surface area contributed by atoms with Gasteiger partial charge in [-0.05, 0) is 46.5 Å². The Morgan fingerprint density at radius 2 is 2.19 bits per heavy atom. The largest absolute Gasteiger partial charge is 0.444 e. The molecule has 1 N–H and O–H groups in total. The molecule has 0 aromatic carbocycles. The number of anilines is 1. The van der Waals surface area contributed by atoms with Gasteiger partial charge < -0.3 is 15.0 Å². The topological polar surface area (TPSA) is 88.8 Å². The predicted octanol–water partition coefficient (Wildman–Crippen LogP) is 2.60. The molecule has 1 fully saturated rings. The Kier molecular flexibility index (Phi) is 5.69. The SMILES string of the molecule is CCc1cc(=O)n2nc(N3CCCCC3CNC(=O)OC(C)(C)C)sc2n1. The van der Waals surface area contributed by atoms with Crippen molar-refractivity contribution in [3.05, 3.63) is 22.1 Å². The summed E-state index contributed by atoms with van der Waals surface area (Å²) in [6, 6.07) is 1.65. The molecule has 2 aromatic rings. The molecule has 8 nitrogen and oxygen atoms in total. The fourth-order valence-electron chi connectivity index (χ4n) is 3.12. The van der Waals surface area contributed by atoms with E-state index in [4.69, 9.17) is 4.74 Å². The Bertz CT molecular complexity index is 870. The fourth-order valence-corrected chi connectivity index (χ4v) is 4.15. The van der Waals surface area contributed by atoms with Crippen molar-refractivity contribution in [2.24, 2.45) is 0 Å². The maximum absolute atomic E-state index is 12.3. The third kappa shape index (κ3) is 4.77. The first kappa shape index (κ1) is 19.6. The van der Waals surface area contributed by atoms with E-state index in [1.54, 1.807) is 0 Å². The van der Waals surface area contributed by atoms with Gasteiger partial charge in [-0.3, -0.25) is 4.79 Å². The standard InChI is InChI=1S/C18H27N5O3S/c1-5-12-10-14(24)23-15(20-12)27-16(21-23)22-9-7-6-8-13(22)11-19-17(25)26-18(2,3)4/h10,13H,5-9,11H2,1-4H3,(H,19,25). The van der Waals surface area contributed by atoms with Crippen LogP contribution >= 0.6 is 11.3 Å². The van der Waals surface area contributed by atoms with Crippen LogP contribution in [-0.2, 0) is 11.2 Å². The second kappa shape index (κ2) is 7.84. The zero-order chi connectivity index (χ0) is 19.6. The van der Waals surface area contributed by atoms with Crippen LogP contribution in [0.5, 0.6) is 0 Å². The molecule has 27 heavy (non-hydrogen) atoms. The van der Waals surface area contributed by atoms with E-state index in [0.717, 1.165) is 36.6 Å². The number of aromatic nitrogens is 3. The number of alkyl carbamates (subject to hydrolysis) is 1. The van der Waals surface area contributed by atoms with Gasteiger partial charge in [0.05, 0.1) is 0 Å². The third-order valence-electron chi connectivity index (χ3n) is 4.40.